The van der Waals surface area contributed by atoms with Crippen LogP contribution in [0.4, 0.5) is 0 Å². The number of nitrogens with zero attached hydrogens (tertiary/aromatic N) is 2. The molecule has 10 aromatic rings. The normalized spacial score (nSPS) is 11.4. The molecule has 0 fully saturated rings. The molecule has 10 rings (SSSR count). The van der Waals surface area contributed by atoms with Crippen LogP contribution < -0.4 is 0 Å². The van der Waals surface area contributed by atoms with Gasteiger partial charge in [-0.3, -0.25) is 0 Å². The fraction of sp³-hybridized carbons (Fsp3) is 0. The molecule has 0 atom stereocenters. The van der Waals surface area contributed by atoms with E-state index in [1.165, 1.54) is 42.1 Å². The van der Waals surface area contributed by atoms with Gasteiger partial charge in [0.25, 0.3) is 0 Å². The summed E-state index contributed by atoms with van der Waals surface area (Å²) in [5.41, 5.74) is 11.8. The van der Waals surface area contributed by atoms with E-state index >= 15 is 0 Å². The number of benzene rings is 8. The van der Waals surface area contributed by atoms with Crippen molar-refractivity contribution in [2.45, 2.75) is 0 Å². The molecule has 3 heteroatoms. The van der Waals surface area contributed by atoms with Gasteiger partial charge in [0, 0.05) is 36.9 Å². The number of aromatic nitrogens is 2. The van der Waals surface area contributed by atoms with Crippen molar-refractivity contribution in [3.05, 3.63) is 194 Å². The van der Waals surface area contributed by atoms with Gasteiger partial charge in [-0.2, -0.15) is 0 Å². The van der Waals surface area contributed by atoms with Crippen molar-refractivity contribution in [1.82, 2.24) is 9.97 Å². The van der Waals surface area contributed by atoms with Crippen LogP contribution in [-0.4, -0.2) is 9.97 Å². The summed E-state index contributed by atoms with van der Waals surface area (Å²) >= 11 is 1.85. The molecule has 2 nitrogen and oxygen atoms in total. The van der Waals surface area contributed by atoms with Crippen LogP contribution >= 0.6 is 11.3 Å². The Hall–Kier alpha value is -6.68. The largest absolute Gasteiger partial charge is 0.228 e. The van der Waals surface area contributed by atoms with Gasteiger partial charge in [-0.25, -0.2) is 9.97 Å². The minimum atomic E-state index is 0.697. The van der Waals surface area contributed by atoms with Gasteiger partial charge in [0.2, 0.25) is 0 Å². The molecule has 0 amide bonds. The number of fused-ring (bicyclic) bond motifs is 4. The highest BCUT2D eigenvalue weighted by Gasteiger charge is 2.15. The second kappa shape index (κ2) is 13.1. The maximum absolute atomic E-state index is 5.33. The molecular formula is C50H32N2S. The predicted octanol–water partition coefficient (Wildman–Crippen LogP) is 14.0. The van der Waals surface area contributed by atoms with E-state index in [1.54, 1.807) is 0 Å². The zero-order valence-corrected chi connectivity index (χ0v) is 29.6. The van der Waals surface area contributed by atoms with E-state index in [2.05, 4.69) is 182 Å². The van der Waals surface area contributed by atoms with E-state index in [1.807, 2.05) is 23.5 Å². The average Bonchev–Trinajstić information content (AvgIpc) is 3.62. The number of thiophene rings is 1. The third-order valence-corrected chi connectivity index (χ3v) is 11.2. The Bertz CT molecular complexity index is 2950. The summed E-state index contributed by atoms with van der Waals surface area (Å²) in [6.45, 7) is 0. The van der Waals surface area contributed by atoms with Crippen molar-refractivity contribution in [2.75, 3.05) is 0 Å². The van der Waals surface area contributed by atoms with Crippen molar-refractivity contribution in [2.24, 2.45) is 0 Å². The zero-order chi connectivity index (χ0) is 35.1. The van der Waals surface area contributed by atoms with E-state index in [4.69, 9.17) is 9.97 Å². The van der Waals surface area contributed by atoms with Gasteiger partial charge in [0.05, 0.1) is 11.4 Å². The molecule has 0 aliphatic heterocycles. The molecule has 0 saturated heterocycles. The standard InChI is InChI=1S/C50H32N2S/c1-3-12-33(13-4-1)37-18-11-19-40(27-37)50-51-46(35-15-5-2-6-16-35)32-47(52-50)43-29-41(38-23-22-34-14-7-8-17-36(34)26-38)28-42(30-43)39-24-25-49-45(31-39)44-20-9-10-21-48(44)53-49/h1-32H. The van der Waals surface area contributed by atoms with Gasteiger partial charge in [0.15, 0.2) is 5.82 Å². The van der Waals surface area contributed by atoms with E-state index < -0.39 is 0 Å². The lowest BCUT2D eigenvalue weighted by atomic mass is 9.93. The van der Waals surface area contributed by atoms with Gasteiger partial charge in [-0.05, 0) is 98.8 Å². The summed E-state index contributed by atoms with van der Waals surface area (Å²) in [7, 11) is 0. The summed E-state index contributed by atoms with van der Waals surface area (Å²) in [6, 6.07) is 69.4. The molecule has 0 radical (unpaired) electrons. The highest BCUT2D eigenvalue weighted by Crippen LogP contribution is 2.39. The number of rotatable bonds is 6. The van der Waals surface area contributed by atoms with Gasteiger partial charge in [-0.1, -0.05) is 140 Å². The van der Waals surface area contributed by atoms with E-state index in [9.17, 15) is 0 Å². The van der Waals surface area contributed by atoms with Crippen molar-refractivity contribution in [3.8, 4) is 67.3 Å². The Morgan fingerprint density at radius 1 is 0.283 bits per heavy atom. The fourth-order valence-electron chi connectivity index (χ4n) is 7.33. The van der Waals surface area contributed by atoms with Crippen LogP contribution in [0.3, 0.4) is 0 Å². The Balaban J connectivity index is 1.19. The predicted molar refractivity (Wildman–Crippen MR) is 225 cm³/mol. The highest BCUT2D eigenvalue weighted by atomic mass is 32.1. The van der Waals surface area contributed by atoms with E-state index in [0.29, 0.717) is 5.82 Å². The van der Waals surface area contributed by atoms with Crippen LogP contribution in [0.15, 0.2) is 194 Å². The Morgan fingerprint density at radius 3 is 1.64 bits per heavy atom. The topological polar surface area (TPSA) is 25.8 Å². The van der Waals surface area contributed by atoms with E-state index in [0.717, 1.165) is 50.3 Å². The maximum atomic E-state index is 5.33. The lowest BCUT2D eigenvalue weighted by molar-refractivity contribution is 1.18. The van der Waals surface area contributed by atoms with Crippen LogP contribution in [0.1, 0.15) is 0 Å². The maximum Gasteiger partial charge on any atom is 0.160 e. The molecule has 0 aliphatic carbocycles. The monoisotopic (exact) mass is 692 g/mol. The van der Waals surface area contributed by atoms with Gasteiger partial charge in [-0.15, -0.1) is 11.3 Å². The molecule has 0 N–H and O–H groups in total. The third kappa shape index (κ3) is 5.97. The number of hydrogen-bond donors (Lipinski definition) is 0. The average molecular weight is 693 g/mol. The highest BCUT2D eigenvalue weighted by molar-refractivity contribution is 7.25. The molecule has 0 spiro atoms. The molecule has 8 aromatic carbocycles. The minimum Gasteiger partial charge on any atom is -0.228 e. The molecular weight excluding hydrogens is 661 g/mol. The summed E-state index contributed by atoms with van der Waals surface area (Å²) in [4.78, 5) is 10.5. The second-order valence-corrected chi connectivity index (χ2v) is 14.5. The summed E-state index contributed by atoms with van der Waals surface area (Å²) < 4.78 is 2.61. The fourth-order valence-corrected chi connectivity index (χ4v) is 8.42. The molecule has 0 unspecified atom stereocenters. The van der Waals surface area contributed by atoms with Crippen molar-refractivity contribution >= 4 is 42.3 Å². The van der Waals surface area contributed by atoms with Gasteiger partial charge < -0.3 is 0 Å². The number of hydrogen-bond acceptors (Lipinski definition) is 3. The first-order valence-corrected chi connectivity index (χ1v) is 18.7. The van der Waals surface area contributed by atoms with Crippen LogP contribution in [0.2, 0.25) is 0 Å². The van der Waals surface area contributed by atoms with Crippen LogP contribution in [0, 0.1) is 0 Å². The summed E-state index contributed by atoms with van der Waals surface area (Å²) in [5.74, 6) is 0.697. The quantitative estimate of drug-likeness (QED) is 0.173. The first kappa shape index (κ1) is 31.1. The summed E-state index contributed by atoms with van der Waals surface area (Å²) in [5, 5.41) is 5.03. The molecule has 0 saturated carbocycles. The lowest BCUT2D eigenvalue weighted by Crippen LogP contribution is -1.97. The van der Waals surface area contributed by atoms with E-state index in [-0.39, 0.29) is 0 Å². The Labute approximate surface area is 312 Å². The van der Waals surface area contributed by atoms with Crippen LogP contribution in [-0.2, 0) is 0 Å². The van der Waals surface area contributed by atoms with Crippen molar-refractivity contribution in [1.29, 1.82) is 0 Å². The lowest BCUT2D eigenvalue weighted by Gasteiger charge is -2.14. The van der Waals surface area contributed by atoms with Crippen LogP contribution in [0.5, 0.6) is 0 Å². The minimum absolute atomic E-state index is 0.697. The van der Waals surface area contributed by atoms with Crippen molar-refractivity contribution in [3.63, 3.8) is 0 Å². The Morgan fingerprint density at radius 2 is 0.830 bits per heavy atom. The summed E-state index contributed by atoms with van der Waals surface area (Å²) in [6.07, 6.45) is 0. The second-order valence-electron chi connectivity index (χ2n) is 13.4. The Kier molecular flexibility index (Phi) is 7.71. The van der Waals surface area contributed by atoms with Crippen molar-refractivity contribution < 1.29 is 0 Å². The third-order valence-electron chi connectivity index (χ3n) is 10.0. The molecule has 2 heterocycles. The first-order valence-electron chi connectivity index (χ1n) is 17.9. The van der Waals surface area contributed by atoms with Crippen LogP contribution in [0.25, 0.3) is 98.2 Å². The SMILES string of the molecule is c1ccc(-c2cccc(-c3nc(-c4ccccc4)cc(-c4cc(-c5ccc6ccccc6c5)cc(-c5ccc6sc7ccccc7c6c5)c4)n3)c2)cc1. The molecule has 53 heavy (non-hydrogen) atoms. The molecule has 0 aliphatic rings. The molecule has 248 valence electrons. The molecule has 0 bridgehead atoms. The molecule has 2 aromatic heterocycles. The van der Waals surface area contributed by atoms with Gasteiger partial charge in [0.1, 0.15) is 0 Å². The van der Waals surface area contributed by atoms with Gasteiger partial charge >= 0.3 is 0 Å². The first-order chi connectivity index (χ1) is 26.2. The zero-order valence-electron chi connectivity index (χ0n) is 28.8. The smallest absolute Gasteiger partial charge is 0.160 e.